The number of hydrogen-bond donors (Lipinski definition) is 2. The number of hydrogen-bond acceptors (Lipinski definition) is 4. The van der Waals surface area contributed by atoms with Crippen molar-refractivity contribution in [3.63, 3.8) is 0 Å². The van der Waals surface area contributed by atoms with E-state index in [0.717, 1.165) is 6.07 Å². The molecule has 4 aromatic rings. The number of fused-ring (bicyclic) bond motifs is 1. The summed E-state index contributed by atoms with van der Waals surface area (Å²) in [5.41, 5.74) is 0.674. The zero-order valence-electron chi connectivity index (χ0n) is 18.7. The second kappa shape index (κ2) is 9.53. The molecule has 184 valence electrons. The molecule has 0 aliphatic rings. The SMILES string of the molecule is C=C(C(=O)Nc1cccc(-c2c[nH]c3ncc(N(C)C(=O)Oc4cccc(F)c4)cc23)c1)C(F)(F)F. The normalized spacial score (nSPS) is 11.2. The summed E-state index contributed by atoms with van der Waals surface area (Å²) in [5.74, 6) is -1.87. The number of amides is 2. The number of carbonyl (C=O) groups is 2. The predicted molar refractivity (Wildman–Crippen MR) is 126 cm³/mol. The number of pyridine rings is 1. The van der Waals surface area contributed by atoms with Crippen LogP contribution in [-0.4, -0.2) is 35.2 Å². The van der Waals surface area contributed by atoms with E-state index < -0.39 is 29.6 Å². The van der Waals surface area contributed by atoms with E-state index in [0.29, 0.717) is 27.8 Å². The van der Waals surface area contributed by atoms with Gasteiger partial charge in [-0.2, -0.15) is 13.2 Å². The molecule has 11 heteroatoms. The molecule has 36 heavy (non-hydrogen) atoms. The maximum Gasteiger partial charge on any atom is 0.421 e. The quantitative estimate of drug-likeness (QED) is 0.259. The Morgan fingerprint density at radius 3 is 2.58 bits per heavy atom. The molecule has 0 radical (unpaired) electrons. The summed E-state index contributed by atoms with van der Waals surface area (Å²) >= 11 is 0. The van der Waals surface area contributed by atoms with Crippen molar-refractivity contribution in [2.45, 2.75) is 6.18 Å². The summed E-state index contributed by atoms with van der Waals surface area (Å²) < 4.78 is 56.8. The Labute approximate surface area is 202 Å². The van der Waals surface area contributed by atoms with Crippen molar-refractivity contribution < 1.29 is 31.9 Å². The Balaban J connectivity index is 1.59. The zero-order chi connectivity index (χ0) is 26.0. The minimum Gasteiger partial charge on any atom is -0.410 e. The molecule has 2 heterocycles. The van der Waals surface area contributed by atoms with E-state index in [1.165, 1.54) is 48.5 Å². The van der Waals surface area contributed by atoms with Crippen molar-refractivity contribution >= 4 is 34.4 Å². The van der Waals surface area contributed by atoms with E-state index in [-0.39, 0.29) is 11.4 Å². The Bertz CT molecular complexity index is 1480. The highest BCUT2D eigenvalue weighted by Gasteiger charge is 2.36. The van der Waals surface area contributed by atoms with Gasteiger partial charge < -0.3 is 15.0 Å². The molecule has 0 saturated heterocycles. The molecule has 0 aliphatic carbocycles. The predicted octanol–water partition coefficient (Wildman–Crippen LogP) is 6.06. The monoisotopic (exact) mass is 498 g/mol. The van der Waals surface area contributed by atoms with Crippen molar-refractivity contribution in [2.75, 3.05) is 17.3 Å². The summed E-state index contributed by atoms with van der Waals surface area (Å²) in [6, 6.07) is 13.0. The Morgan fingerprint density at radius 1 is 1.11 bits per heavy atom. The van der Waals surface area contributed by atoms with Gasteiger partial charge in [-0.25, -0.2) is 14.2 Å². The number of rotatable bonds is 5. The summed E-state index contributed by atoms with van der Waals surface area (Å²) in [6.07, 6.45) is -2.53. The minimum atomic E-state index is -4.84. The van der Waals surface area contributed by atoms with Crippen LogP contribution in [0.4, 0.5) is 33.7 Å². The topological polar surface area (TPSA) is 87.3 Å². The van der Waals surface area contributed by atoms with Gasteiger partial charge in [0, 0.05) is 35.9 Å². The van der Waals surface area contributed by atoms with Crippen LogP contribution in [0.25, 0.3) is 22.2 Å². The van der Waals surface area contributed by atoms with E-state index in [1.54, 1.807) is 24.4 Å². The lowest BCUT2D eigenvalue weighted by molar-refractivity contribution is -0.126. The molecule has 0 atom stereocenters. The standard InChI is InChI=1S/C25H18F4N4O3/c1-14(25(27,28)29)23(34)32-17-7-3-5-15(9-17)21-13-31-22-20(21)11-18(12-30-22)33(2)24(35)36-19-8-4-6-16(26)10-19/h3-13H,1H2,2H3,(H,30,31)(H,32,34). The first-order chi connectivity index (χ1) is 17.0. The Hall–Kier alpha value is -4.67. The first-order valence-corrected chi connectivity index (χ1v) is 10.4. The van der Waals surface area contributed by atoms with Crippen LogP contribution in [0.3, 0.4) is 0 Å². The minimum absolute atomic E-state index is 0.0373. The lowest BCUT2D eigenvalue weighted by Gasteiger charge is -2.17. The van der Waals surface area contributed by atoms with Crippen molar-refractivity contribution in [1.82, 2.24) is 9.97 Å². The number of carbonyl (C=O) groups excluding carboxylic acids is 2. The van der Waals surface area contributed by atoms with Crippen LogP contribution in [0.1, 0.15) is 0 Å². The number of anilines is 2. The van der Waals surface area contributed by atoms with Gasteiger partial charge in [0.2, 0.25) is 0 Å². The highest BCUT2D eigenvalue weighted by atomic mass is 19.4. The molecule has 0 aliphatic heterocycles. The summed E-state index contributed by atoms with van der Waals surface area (Å²) in [7, 11) is 1.46. The van der Waals surface area contributed by atoms with Gasteiger partial charge in [-0.3, -0.25) is 9.69 Å². The highest BCUT2D eigenvalue weighted by molar-refractivity contribution is 6.05. The third-order valence-corrected chi connectivity index (χ3v) is 5.23. The first-order valence-electron chi connectivity index (χ1n) is 10.4. The number of halogens is 4. The molecule has 0 fully saturated rings. The van der Waals surface area contributed by atoms with Crippen molar-refractivity contribution in [1.29, 1.82) is 0 Å². The lowest BCUT2D eigenvalue weighted by atomic mass is 10.0. The smallest absolute Gasteiger partial charge is 0.410 e. The van der Waals surface area contributed by atoms with Crippen LogP contribution in [-0.2, 0) is 4.79 Å². The summed E-state index contributed by atoms with van der Waals surface area (Å²) in [5, 5.41) is 2.79. The van der Waals surface area contributed by atoms with E-state index >= 15 is 0 Å². The molecule has 4 rings (SSSR count). The van der Waals surface area contributed by atoms with Crippen molar-refractivity contribution in [3.8, 4) is 16.9 Å². The van der Waals surface area contributed by atoms with Crippen LogP contribution in [0.2, 0.25) is 0 Å². The molecule has 2 N–H and O–H groups in total. The fourth-order valence-corrected chi connectivity index (χ4v) is 3.32. The van der Waals surface area contributed by atoms with Crippen LogP contribution < -0.4 is 15.0 Å². The van der Waals surface area contributed by atoms with Gasteiger partial charge in [0.15, 0.2) is 0 Å². The average Bonchev–Trinajstić information content (AvgIpc) is 3.26. The van der Waals surface area contributed by atoms with Gasteiger partial charge in [0.1, 0.15) is 22.8 Å². The summed E-state index contributed by atoms with van der Waals surface area (Å²) in [4.78, 5) is 32.9. The number of alkyl halides is 3. The average molecular weight is 498 g/mol. The van der Waals surface area contributed by atoms with Crippen molar-refractivity contribution in [3.05, 3.63) is 85.0 Å². The molecule has 0 unspecified atom stereocenters. The van der Waals surface area contributed by atoms with E-state index in [4.69, 9.17) is 4.74 Å². The van der Waals surface area contributed by atoms with Gasteiger partial charge in [-0.05, 0) is 35.9 Å². The molecule has 0 saturated carbocycles. The number of aromatic nitrogens is 2. The second-order valence-corrected chi connectivity index (χ2v) is 7.69. The number of nitrogens with zero attached hydrogens (tertiary/aromatic N) is 2. The molecule has 2 aromatic carbocycles. The van der Waals surface area contributed by atoms with Crippen LogP contribution in [0.15, 0.2) is 79.1 Å². The number of nitrogens with one attached hydrogen (secondary N) is 2. The van der Waals surface area contributed by atoms with Gasteiger partial charge in [0.05, 0.1) is 11.9 Å². The van der Waals surface area contributed by atoms with Gasteiger partial charge in [0.25, 0.3) is 5.91 Å². The molecule has 0 bridgehead atoms. The van der Waals surface area contributed by atoms with Crippen LogP contribution >= 0.6 is 0 Å². The molecule has 2 amide bonds. The molecular weight excluding hydrogens is 480 g/mol. The molecule has 7 nitrogen and oxygen atoms in total. The number of benzene rings is 2. The lowest BCUT2D eigenvalue weighted by Crippen LogP contribution is -2.29. The molecular formula is C25H18F4N4O3. The maximum absolute atomic E-state index is 13.4. The number of H-pyrrole nitrogens is 1. The second-order valence-electron chi connectivity index (χ2n) is 7.69. The number of ether oxygens (including phenoxy) is 1. The van der Waals surface area contributed by atoms with Crippen LogP contribution in [0.5, 0.6) is 5.75 Å². The maximum atomic E-state index is 13.4. The Kier molecular flexibility index (Phi) is 6.47. The fraction of sp³-hybridized carbons (Fsp3) is 0.0800. The largest absolute Gasteiger partial charge is 0.421 e. The first kappa shape index (κ1) is 24.5. The molecule has 0 spiro atoms. The van der Waals surface area contributed by atoms with E-state index in [2.05, 4.69) is 21.9 Å². The van der Waals surface area contributed by atoms with Gasteiger partial charge >= 0.3 is 12.3 Å². The fourth-order valence-electron chi connectivity index (χ4n) is 3.32. The van der Waals surface area contributed by atoms with E-state index in [1.807, 2.05) is 0 Å². The van der Waals surface area contributed by atoms with Crippen molar-refractivity contribution in [2.24, 2.45) is 0 Å². The van der Waals surface area contributed by atoms with Gasteiger partial charge in [-0.15, -0.1) is 0 Å². The van der Waals surface area contributed by atoms with E-state index in [9.17, 15) is 27.2 Å². The zero-order valence-corrected chi connectivity index (χ0v) is 18.7. The van der Waals surface area contributed by atoms with Gasteiger partial charge in [-0.1, -0.05) is 24.8 Å². The number of aromatic amines is 1. The third kappa shape index (κ3) is 5.19. The third-order valence-electron chi connectivity index (χ3n) is 5.23. The van der Waals surface area contributed by atoms with Crippen LogP contribution in [0, 0.1) is 5.82 Å². The molecule has 2 aromatic heterocycles. The highest BCUT2D eigenvalue weighted by Crippen LogP contribution is 2.32. The summed E-state index contributed by atoms with van der Waals surface area (Å²) in [6.45, 7) is 2.80. The Morgan fingerprint density at radius 2 is 1.86 bits per heavy atom.